The predicted octanol–water partition coefficient (Wildman–Crippen LogP) is 5.60. The molecule has 264 valence electrons. The van der Waals surface area contributed by atoms with Crippen molar-refractivity contribution in [2.45, 2.75) is 185 Å². The van der Waals surface area contributed by atoms with Gasteiger partial charge in [-0.3, -0.25) is 4.79 Å². The molecule has 0 bridgehead atoms. The monoisotopic (exact) mass is 641 g/mol. The van der Waals surface area contributed by atoms with Gasteiger partial charge in [0.25, 0.3) is 0 Å². The topological polar surface area (TPSA) is 149 Å². The average molecular weight is 642 g/mol. The summed E-state index contributed by atoms with van der Waals surface area (Å²) in [5.74, 6) is -0.164. The molecular formula is C36H67NO8. The molecule has 1 fully saturated rings. The standard InChI is InChI=1S/C36H67NO8/c1-3-5-7-9-10-11-12-13-14-15-16-17-18-19-20-21-22-24-26-32(40)37-29(30(39)25-23-8-6-4-2)28-44-36-35(43)34(42)33(41)31(27-38)45-36/h11-12,14-15,29-31,33-36,38-39,41-43H,3-10,13,16-28H2,1-2H3,(H,37,40)/b12-11-,15-14-. The number of carbonyl (C=O) groups is 1. The summed E-state index contributed by atoms with van der Waals surface area (Å²) < 4.78 is 11.1. The summed E-state index contributed by atoms with van der Waals surface area (Å²) >= 11 is 0. The largest absolute Gasteiger partial charge is 0.394 e. The molecule has 0 aromatic carbocycles. The molecule has 9 nitrogen and oxygen atoms in total. The van der Waals surface area contributed by atoms with Crippen LogP contribution in [0.2, 0.25) is 0 Å². The van der Waals surface area contributed by atoms with Crippen LogP contribution in [0.3, 0.4) is 0 Å². The van der Waals surface area contributed by atoms with E-state index in [0.717, 1.165) is 64.2 Å². The summed E-state index contributed by atoms with van der Waals surface area (Å²) in [4.78, 5) is 12.7. The lowest BCUT2D eigenvalue weighted by Gasteiger charge is -2.40. The molecule has 0 spiro atoms. The van der Waals surface area contributed by atoms with E-state index < -0.39 is 49.5 Å². The first kappa shape index (κ1) is 41.7. The summed E-state index contributed by atoms with van der Waals surface area (Å²) in [7, 11) is 0. The number of rotatable bonds is 28. The maximum atomic E-state index is 12.7. The molecule has 1 heterocycles. The van der Waals surface area contributed by atoms with E-state index in [4.69, 9.17) is 9.47 Å². The number of ether oxygens (including phenoxy) is 2. The molecule has 1 aliphatic rings. The van der Waals surface area contributed by atoms with Crippen LogP contribution in [0.1, 0.15) is 142 Å². The van der Waals surface area contributed by atoms with E-state index in [1.165, 1.54) is 51.4 Å². The molecule has 0 aromatic heterocycles. The number of carbonyl (C=O) groups excluding carboxylic acids is 1. The minimum absolute atomic E-state index is 0.144. The van der Waals surface area contributed by atoms with Crippen LogP contribution in [0, 0.1) is 0 Å². The van der Waals surface area contributed by atoms with Gasteiger partial charge in [-0.05, 0) is 44.9 Å². The van der Waals surface area contributed by atoms with Crippen molar-refractivity contribution in [2.75, 3.05) is 13.2 Å². The minimum atomic E-state index is -1.55. The molecule has 9 heteroatoms. The quantitative estimate of drug-likeness (QED) is 0.0478. The van der Waals surface area contributed by atoms with E-state index in [1.807, 2.05) is 0 Å². The highest BCUT2D eigenvalue weighted by Crippen LogP contribution is 2.22. The van der Waals surface area contributed by atoms with Crippen LogP contribution in [0.15, 0.2) is 24.3 Å². The third-order valence-electron chi connectivity index (χ3n) is 8.56. The first-order valence-corrected chi connectivity index (χ1v) is 18.0. The van der Waals surface area contributed by atoms with Gasteiger partial charge in [0.1, 0.15) is 24.4 Å². The van der Waals surface area contributed by atoms with Crippen molar-refractivity contribution in [1.82, 2.24) is 5.32 Å². The lowest BCUT2D eigenvalue weighted by molar-refractivity contribution is -0.302. The van der Waals surface area contributed by atoms with E-state index in [2.05, 4.69) is 43.5 Å². The molecule has 7 unspecified atom stereocenters. The number of aliphatic hydroxyl groups is 5. The Morgan fingerprint density at radius 1 is 0.756 bits per heavy atom. The number of hydrogen-bond donors (Lipinski definition) is 6. The summed E-state index contributed by atoms with van der Waals surface area (Å²) in [6.07, 6.45) is 22.4. The number of hydrogen-bond acceptors (Lipinski definition) is 8. The van der Waals surface area contributed by atoms with Gasteiger partial charge in [-0.25, -0.2) is 0 Å². The Morgan fingerprint density at radius 3 is 1.91 bits per heavy atom. The smallest absolute Gasteiger partial charge is 0.220 e. The van der Waals surface area contributed by atoms with Crippen molar-refractivity contribution < 1.29 is 39.8 Å². The summed E-state index contributed by atoms with van der Waals surface area (Å²) in [5.41, 5.74) is 0. The molecule has 6 N–H and O–H groups in total. The summed E-state index contributed by atoms with van der Waals surface area (Å²) in [5, 5.41) is 53.5. The third kappa shape index (κ3) is 19.8. The van der Waals surface area contributed by atoms with E-state index in [-0.39, 0.29) is 12.5 Å². The molecule has 0 saturated carbocycles. The fourth-order valence-corrected chi connectivity index (χ4v) is 5.54. The molecule has 0 radical (unpaired) electrons. The lowest BCUT2D eigenvalue weighted by Crippen LogP contribution is -2.60. The van der Waals surface area contributed by atoms with E-state index >= 15 is 0 Å². The Hall–Kier alpha value is -1.33. The number of amides is 1. The molecular weight excluding hydrogens is 574 g/mol. The second kappa shape index (κ2) is 27.8. The minimum Gasteiger partial charge on any atom is -0.394 e. The molecule has 1 rings (SSSR count). The van der Waals surface area contributed by atoms with Crippen LogP contribution >= 0.6 is 0 Å². The zero-order valence-electron chi connectivity index (χ0n) is 28.4. The van der Waals surface area contributed by atoms with Crippen molar-refractivity contribution in [3.8, 4) is 0 Å². The molecule has 0 aromatic rings. The van der Waals surface area contributed by atoms with Crippen LogP contribution in [-0.2, 0) is 14.3 Å². The average Bonchev–Trinajstić information content (AvgIpc) is 3.04. The van der Waals surface area contributed by atoms with Crippen molar-refractivity contribution in [3.05, 3.63) is 24.3 Å². The Bertz CT molecular complexity index is 761. The first-order chi connectivity index (χ1) is 21.8. The van der Waals surface area contributed by atoms with Gasteiger partial charge in [0.15, 0.2) is 6.29 Å². The van der Waals surface area contributed by atoms with E-state index in [1.54, 1.807) is 0 Å². The second-order valence-corrected chi connectivity index (χ2v) is 12.7. The number of unbranched alkanes of at least 4 members (excludes halogenated alkanes) is 14. The predicted molar refractivity (Wildman–Crippen MR) is 180 cm³/mol. The van der Waals surface area contributed by atoms with Crippen LogP contribution < -0.4 is 5.32 Å². The fraction of sp³-hybridized carbons (Fsp3) is 0.861. The third-order valence-corrected chi connectivity index (χ3v) is 8.56. The van der Waals surface area contributed by atoms with Crippen LogP contribution in [-0.4, -0.2) is 87.5 Å². The highest BCUT2D eigenvalue weighted by atomic mass is 16.7. The van der Waals surface area contributed by atoms with Gasteiger partial charge in [-0.1, -0.05) is 115 Å². The molecule has 7 atom stereocenters. The number of allylic oxidation sites excluding steroid dienone is 4. The van der Waals surface area contributed by atoms with Crippen LogP contribution in [0.4, 0.5) is 0 Å². The van der Waals surface area contributed by atoms with Crippen molar-refractivity contribution >= 4 is 5.91 Å². The number of aliphatic hydroxyl groups excluding tert-OH is 5. The van der Waals surface area contributed by atoms with Gasteiger partial charge in [0.05, 0.1) is 25.4 Å². The zero-order chi connectivity index (χ0) is 33.1. The first-order valence-electron chi connectivity index (χ1n) is 18.0. The van der Waals surface area contributed by atoms with Crippen LogP contribution in [0.25, 0.3) is 0 Å². The summed E-state index contributed by atoms with van der Waals surface area (Å²) in [6.45, 7) is 3.66. The van der Waals surface area contributed by atoms with E-state index in [9.17, 15) is 30.3 Å². The van der Waals surface area contributed by atoms with Crippen molar-refractivity contribution in [3.63, 3.8) is 0 Å². The lowest BCUT2D eigenvalue weighted by atomic mass is 9.99. The Balaban J connectivity index is 2.28. The zero-order valence-corrected chi connectivity index (χ0v) is 28.4. The van der Waals surface area contributed by atoms with Crippen LogP contribution in [0.5, 0.6) is 0 Å². The van der Waals surface area contributed by atoms with Gasteiger partial charge in [-0.15, -0.1) is 0 Å². The Morgan fingerprint density at radius 2 is 1.31 bits per heavy atom. The highest BCUT2D eigenvalue weighted by Gasteiger charge is 2.44. The highest BCUT2D eigenvalue weighted by molar-refractivity contribution is 5.76. The maximum Gasteiger partial charge on any atom is 0.220 e. The molecule has 1 amide bonds. The van der Waals surface area contributed by atoms with Crippen molar-refractivity contribution in [2.24, 2.45) is 0 Å². The van der Waals surface area contributed by atoms with E-state index in [0.29, 0.717) is 12.8 Å². The van der Waals surface area contributed by atoms with Gasteiger partial charge in [0, 0.05) is 6.42 Å². The number of nitrogens with one attached hydrogen (secondary N) is 1. The SMILES string of the molecule is CCCCCC/C=C\C/C=C\CCCCCCCCCC(=O)NC(COC1OC(CO)C(O)C(O)C1O)C(O)CCCCCC. The van der Waals surface area contributed by atoms with Gasteiger partial charge in [0.2, 0.25) is 5.91 Å². The van der Waals surface area contributed by atoms with Gasteiger partial charge < -0.3 is 40.3 Å². The normalized spacial score (nSPS) is 23.6. The van der Waals surface area contributed by atoms with Gasteiger partial charge >= 0.3 is 0 Å². The summed E-state index contributed by atoms with van der Waals surface area (Å²) in [6, 6.07) is -0.716. The Labute approximate surface area is 273 Å². The molecule has 1 saturated heterocycles. The molecule has 0 aliphatic carbocycles. The maximum absolute atomic E-state index is 12.7. The fourth-order valence-electron chi connectivity index (χ4n) is 5.54. The molecule has 45 heavy (non-hydrogen) atoms. The Kier molecular flexibility index (Phi) is 25.7. The van der Waals surface area contributed by atoms with Gasteiger partial charge in [-0.2, -0.15) is 0 Å². The molecule has 1 aliphatic heterocycles. The second-order valence-electron chi connectivity index (χ2n) is 12.7. The van der Waals surface area contributed by atoms with Crippen molar-refractivity contribution in [1.29, 1.82) is 0 Å².